The number of nitrogens with zero attached hydrogens (tertiary/aromatic N) is 1. The molecule has 0 radical (unpaired) electrons. The van der Waals surface area contributed by atoms with Crippen LogP contribution < -0.4 is 19.9 Å². The van der Waals surface area contributed by atoms with Crippen molar-refractivity contribution in [1.82, 2.24) is 0 Å². The topological polar surface area (TPSA) is 83.1 Å². The molecule has 26 heavy (non-hydrogen) atoms. The second-order valence-corrected chi connectivity index (χ2v) is 6.31. The molecular weight excluding hydrogens is 352 g/mol. The summed E-state index contributed by atoms with van der Waals surface area (Å²) in [5, 5.41) is 0.254. The van der Waals surface area contributed by atoms with Crippen molar-refractivity contribution in [2.45, 2.75) is 0 Å². The Bertz CT molecular complexity index is 864. The van der Waals surface area contributed by atoms with Gasteiger partial charge < -0.3 is 19.9 Å². The minimum atomic E-state index is -0.332. The van der Waals surface area contributed by atoms with Gasteiger partial charge in [0, 0.05) is 5.56 Å². The van der Waals surface area contributed by atoms with Crippen molar-refractivity contribution in [3.05, 3.63) is 59.0 Å². The van der Waals surface area contributed by atoms with E-state index in [1.807, 2.05) is 48.5 Å². The van der Waals surface area contributed by atoms with E-state index in [1.165, 1.54) is 0 Å². The Labute approximate surface area is 155 Å². The van der Waals surface area contributed by atoms with E-state index in [0.717, 1.165) is 17.3 Å². The lowest BCUT2D eigenvalue weighted by atomic mass is 10.2. The number of nitrogens with two attached hydrogens (primary N) is 1. The Morgan fingerprint density at radius 2 is 1.62 bits per heavy atom. The van der Waals surface area contributed by atoms with Crippen molar-refractivity contribution in [2.75, 3.05) is 20.3 Å². The van der Waals surface area contributed by atoms with Crippen molar-refractivity contribution in [3.8, 4) is 17.2 Å². The largest absolute Gasteiger partial charge is 0.493 e. The van der Waals surface area contributed by atoms with Crippen molar-refractivity contribution in [1.29, 1.82) is 0 Å². The molecule has 0 saturated carbocycles. The number of amidine groups is 1. The van der Waals surface area contributed by atoms with E-state index < -0.39 is 0 Å². The summed E-state index contributed by atoms with van der Waals surface area (Å²) in [6, 6.07) is 14.9. The lowest BCUT2D eigenvalue weighted by Gasteiger charge is -2.12. The van der Waals surface area contributed by atoms with Gasteiger partial charge in [-0.05, 0) is 36.0 Å². The van der Waals surface area contributed by atoms with Gasteiger partial charge in [0.2, 0.25) is 0 Å². The number of methoxy groups -OCH3 is 1. The Hall–Kier alpha value is -2.93. The SMILES string of the molecule is COc1ccccc1OCCOc1ccccc1/C=C1/SC(N)=NC1=O. The predicted octanol–water partition coefficient (Wildman–Crippen LogP) is 3.08. The third-order valence-electron chi connectivity index (χ3n) is 3.51. The highest BCUT2D eigenvalue weighted by atomic mass is 32.2. The number of carbonyl (C=O) groups is 1. The molecule has 0 aliphatic carbocycles. The number of rotatable bonds is 7. The fourth-order valence-corrected chi connectivity index (χ4v) is 3.01. The molecule has 0 saturated heterocycles. The van der Waals surface area contributed by atoms with Crippen LogP contribution in [0.15, 0.2) is 58.4 Å². The second kappa shape index (κ2) is 8.44. The van der Waals surface area contributed by atoms with E-state index in [2.05, 4.69) is 4.99 Å². The fraction of sp³-hybridized carbons (Fsp3) is 0.158. The summed E-state index contributed by atoms with van der Waals surface area (Å²) >= 11 is 1.15. The number of para-hydroxylation sites is 3. The third-order valence-corrected chi connectivity index (χ3v) is 4.32. The quantitative estimate of drug-likeness (QED) is 0.596. The molecule has 1 heterocycles. The monoisotopic (exact) mass is 370 g/mol. The molecule has 1 amide bonds. The van der Waals surface area contributed by atoms with Gasteiger partial charge in [0.15, 0.2) is 16.7 Å². The van der Waals surface area contributed by atoms with E-state index in [1.54, 1.807) is 13.2 Å². The zero-order valence-electron chi connectivity index (χ0n) is 14.2. The average molecular weight is 370 g/mol. The molecule has 0 spiro atoms. The van der Waals surface area contributed by atoms with E-state index in [-0.39, 0.29) is 11.1 Å². The average Bonchev–Trinajstić information content (AvgIpc) is 2.97. The van der Waals surface area contributed by atoms with Gasteiger partial charge in [0.05, 0.1) is 12.0 Å². The van der Waals surface area contributed by atoms with Gasteiger partial charge >= 0.3 is 0 Å². The summed E-state index contributed by atoms with van der Waals surface area (Å²) in [6.07, 6.45) is 1.73. The first-order chi connectivity index (χ1) is 12.7. The maximum atomic E-state index is 11.7. The molecule has 134 valence electrons. The summed E-state index contributed by atoms with van der Waals surface area (Å²) in [5.74, 6) is 1.66. The highest BCUT2D eigenvalue weighted by molar-refractivity contribution is 8.18. The summed E-state index contributed by atoms with van der Waals surface area (Å²) in [5.41, 5.74) is 6.36. The number of ether oxygens (including phenoxy) is 3. The van der Waals surface area contributed by atoms with Crippen LogP contribution in [0.3, 0.4) is 0 Å². The van der Waals surface area contributed by atoms with Crippen LogP contribution >= 0.6 is 11.8 Å². The standard InChI is InChI=1S/C19H18N2O4S/c1-23-15-8-4-5-9-16(15)25-11-10-24-14-7-3-2-6-13(14)12-17-18(22)21-19(20)26-17/h2-9,12H,10-11H2,1H3,(H2,20,21,22)/b17-12+. The van der Waals surface area contributed by atoms with Gasteiger partial charge in [-0.25, -0.2) is 0 Å². The Morgan fingerprint density at radius 3 is 2.27 bits per heavy atom. The number of aliphatic imine (C=N–C) groups is 1. The number of hydrogen-bond acceptors (Lipinski definition) is 6. The van der Waals surface area contributed by atoms with Gasteiger partial charge in [0.1, 0.15) is 19.0 Å². The summed E-state index contributed by atoms with van der Waals surface area (Å²) in [6.45, 7) is 0.701. The van der Waals surface area contributed by atoms with Gasteiger partial charge in [-0.15, -0.1) is 0 Å². The molecule has 1 aliphatic rings. The second-order valence-electron chi connectivity index (χ2n) is 5.25. The lowest BCUT2D eigenvalue weighted by molar-refractivity contribution is -0.113. The smallest absolute Gasteiger partial charge is 0.286 e. The zero-order chi connectivity index (χ0) is 18.4. The molecular formula is C19H18N2O4S. The molecule has 0 atom stereocenters. The van der Waals surface area contributed by atoms with Crippen LogP contribution in [0.2, 0.25) is 0 Å². The Morgan fingerprint density at radius 1 is 1.00 bits per heavy atom. The minimum absolute atomic E-state index is 0.254. The number of carbonyl (C=O) groups excluding carboxylic acids is 1. The van der Waals surface area contributed by atoms with Crippen molar-refractivity contribution in [3.63, 3.8) is 0 Å². The van der Waals surface area contributed by atoms with E-state index >= 15 is 0 Å². The number of benzene rings is 2. The molecule has 2 N–H and O–H groups in total. The molecule has 1 aliphatic heterocycles. The van der Waals surface area contributed by atoms with E-state index in [4.69, 9.17) is 19.9 Å². The molecule has 0 fully saturated rings. The van der Waals surface area contributed by atoms with Crippen LogP contribution in [-0.4, -0.2) is 31.4 Å². The first kappa shape index (κ1) is 17.9. The zero-order valence-corrected chi connectivity index (χ0v) is 15.0. The number of thioether (sulfide) groups is 1. The van der Waals surface area contributed by atoms with Gasteiger partial charge in [-0.3, -0.25) is 4.79 Å². The van der Waals surface area contributed by atoms with Gasteiger partial charge in [0.25, 0.3) is 5.91 Å². The predicted molar refractivity (Wildman–Crippen MR) is 103 cm³/mol. The number of hydrogen-bond donors (Lipinski definition) is 1. The van der Waals surface area contributed by atoms with Crippen LogP contribution in [0.1, 0.15) is 5.56 Å². The van der Waals surface area contributed by atoms with E-state index in [0.29, 0.717) is 35.4 Å². The van der Waals surface area contributed by atoms with Gasteiger partial charge in [-0.2, -0.15) is 4.99 Å². The fourth-order valence-electron chi connectivity index (χ4n) is 2.34. The normalized spacial score (nSPS) is 15.0. The Kier molecular flexibility index (Phi) is 5.80. The maximum absolute atomic E-state index is 11.7. The molecule has 3 rings (SSSR count). The van der Waals surface area contributed by atoms with Crippen molar-refractivity contribution < 1.29 is 19.0 Å². The van der Waals surface area contributed by atoms with Gasteiger partial charge in [-0.1, -0.05) is 30.3 Å². The summed E-state index contributed by atoms with van der Waals surface area (Å²) in [7, 11) is 1.60. The highest BCUT2D eigenvalue weighted by Crippen LogP contribution is 2.30. The van der Waals surface area contributed by atoms with E-state index in [9.17, 15) is 4.79 Å². The van der Waals surface area contributed by atoms with Crippen LogP contribution in [0, 0.1) is 0 Å². The Balaban J connectivity index is 1.61. The third kappa shape index (κ3) is 4.37. The minimum Gasteiger partial charge on any atom is -0.493 e. The molecule has 2 aromatic carbocycles. The summed E-state index contributed by atoms with van der Waals surface area (Å²) < 4.78 is 16.7. The van der Waals surface area contributed by atoms with Crippen LogP contribution in [0.25, 0.3) is 6.08 Å². The van der Waals surface area contributed by atoms with Crippen LogP contribution in [0.4, 0.5) is 0 Å². The first-order valence-corrected chi connectivity index (χ1v) is 8.74. The maximum Gasteiger partial charge on any atom is 0.286 e. The van der Waals surface area contributed by atoms with Crippen molar-refractivity contribution in [2.24, 2.45) is 10.7 Å². The molecule has 2 aromatic rings. The molecule has 6 nitrogen and oxygen atoms in total. The molecule has 0 bridgehead atoms. The highest BCUT2D eigenvalue weighted by Gasteiger charge is 2.20. The lowest BCUT2D eigenvalue weighted by Crippen LogP contribution is -2.10. The molecule has 0 aromatic heterocycles. The van der Waals surface area contributed by atoms with Crippen LogP contribution in [-0.2, 0) is 4.79 Å². The molecule has 0 unspecified atom stereocenters. The number of amides is 1. The summed E-state index contributed by atoms with van der Waals surface area (Å²) in [4.78, 5) is 15.9. The molecule has 7 heteroatoms. The van der Waals surface area contributed by atoms with Crippen LogP contribution in [0.5, 0.6) is 17.2 Å². The van der Waals surface area contributed by atoms with Crippen molar-refractivity contribution >= 4 is 28.9 Å². The first-order valence-electron chi connectivity index (χ1n) is 7.93.